The number of hydrogen-bond acceptors (Lipinski definition) is 3. The minimum atomic E-state index is -0.278. The molecule has 18 heavy (non-hydrogen) atoms. The molecule has 0 bridgehead atoms. The van der Waals surface area contributed by atoms with Gasteiger partial charge in [-0.25, -0.2) is 0 Å². The van der Waals surface area contributed by atoms with E-state index in [1.807, 2.05) is 4.90 Å². The third-order valence-electron chi connectivity index (χ3n) is 3.54. The Hall–Kier alpha value is -1.26. The van der Waals surface area contributed by atoms with Crippen LogP contribution in [0.15, 0.2) is 17.3 Å². The van der Waals surface area contributed by atoms with E-state index in [1.54, 1.807) is 12.1 Å². The lowest BCUT2D eigenvalue weighted by atomic mass is 9.93. The number of carbonyl (C=O) groups excluding carboxylic acids is 1. The van der Waals surface area contributed by atoms with Crippen LogP contribution in [0.5, 0.6) is 0 Å². The van der Waals surface area contributed by atoms with Gasteiger partial charge in [0.25, 0.3) is 0 Å². The van der Waals surface area contributed by atoms with Crippen molar-refractivity contribution in [1.29, 1.82) is 0 Å². The maximum atomic E-state index is 12.4. The summed E-state index contributed by atoms with van der Waals surface area (Å²) in [5.74, 6) is 0.521. The number of fused-ring (bicyclic) bond motifs is 2. The Bertz CT molecular complexity index is 571. The molecule has 4 nitrogen and oxygen atoms in total. The summed E-state index contributed by atoms with van der Waals surface area (Å²) < 4.78 is 0. The van der Waals surface area contributed by atoms with Gasteiger partial charge in [-0.2, -0.15) is 0 Å². The highest BCUT2D eigenvalue weighted by atomic mass is 35.5. The van der Waals surface area contributed by atoms with E-state index < -0.39 is 0 Å². The standard InChI is InChI=1S/C12H10Cl2N2O2/c13-7-2-1-6-5-16-8(3-4-9(16)15-18)12(17)10(6)11(7)14/h1-2,8,18H,3-5H2/b15-9+. The Morgan fingerprint density at radius 1 is 1.39 bits per heavy atom. The first-order valence-corrected chi connectivity index (χ1v) is 6.37. The maximum absolute atomic E-state index is 12.4. The van der Waals surface area contributed by atoms with Crippen molar-refractivity contribution in [3.63, 3.8) is 0 Å². The molecule has 0 amide bonds. The molecule has 1 saturated heterocycles. The molecule has 1 aromatic carbocycles. The van der Waals surface area contributed by atoms with Crippen LogP contribution in [0, 0.1) is 0 Å². The van der Waals surface area contributed by atoms with Gasteiger partial charge < -0.3 is 10.1 Å². The molecule has 0 aliphatic carbocycles. The average molecular weight is 285 g/mol. The van der Waals surface area contributed by atoms with Crippen LogP contribution < -0.4 is 0 Å². The van der Waals surface area contributed by atoms with E-state index in [9.17, 15) is 4.79 Å². The molecule has 0 radical (unpaired) electrons. The van der Waals surface area contributed by atoms with Crippen molar-refractivity contribution in [2.75, 3.05) is 0 Å². The quantitative estimate of drug-likeness (QED) is 0.589. The number of ketones is 1. The Labute approximate surface area is 114 Å². The molecule has 1 atom stereocenters. The molecule has 3 rings (SSSR count). The van der Waals surface area contributed by atoms with Crippen molar-refractivity contribution in [2.45, 2.75) is 25.4 Å². The predicted molar refractivity (Wildman–Crippen MR) is 68.6 cm³/mol. The van der Waals surface area contributed by atoms with Crippen LogP contribution in [0.2, 0.25) is 10.0 Å². The minimum absolute atomic E-state index is 0.0394. The summed E-state index contributed by atoms with van der Waals surface area (Å²) in [6.07, 6.45) is 1.26. The van der Waals surface area contributed by atoms with Crippen LogP contribution in [-0.4, -0.2) is 27.8 Å². The largest absolute Gasteiger partial charge is 0.409 e. The van der Waals surface area contributed by atoms with Crippen LogP contribution in [0.1, 0.15) is 28.8 Å². The average Bonchev–Trinajstić information content (AvgIpc) is 2.77. The molecule has 0 spiro atoms. The second kappa shape index (κ2) is 4.14. The SMILES string of the molecule is O=C1c2c(ccc(Cl)c2Cl)CN2/C(=N/O)CCC12. The second-order valence-electron chi connectivity index (χ2n) is 4.46. The van der Waals surface area contributed by atoms with Crippen LogP contribution in [0.25, 0.3) is 0 Å². The lowest BCUT2D eigenvalue weighted by Crippen LogP contribution is -2.42. The lowest BCUT2D eigenvalue weighted by molar-refractivity contribution is 0.0872. The fourth-order valence-corrected chi connectivity index (χ4v) is 3.10. The number of hydrogen-bond donors (Lipinski definition) is 1. The zero-order valence-electron chi connectivity index (χ0n) is 9.36. The molecule has 1 aromatic rings. The van der Waals surface area contributed by atoms with Crippen molar-refractivity contribution < 1.29 is 10.0 Å². The van der Waals surface area contributed by atoms with Gasteiger partial charge in [-0.3, -0.25) is 4.79 Å². The van der Waals surface area contributed by atoms with E-state index >= 15 is 0 Å². The number of oxime groups is 1. The fraction of sp³-hybridized carbons (Fsp3) is 0.333. The van der Waals surface area contributed by atoms with Crippen LogP contribution in [0.4, 0.5) is 0 Å². The number of carbonyl (C=O) groups is 1. The van der Waals surface area contributed by atoms with Gasteiger partial charge in [0.15, 0.2) is 5.78 Å². The third-order valence-corrected chi connectivity index (χ3v) is 4.34. The minimum Gasteiger partial charge on any atom is -0.409 e. The molecule has 1 N–H and O–H groups in total. The zero-order valence-corrected chi connectivity index (χ0v) is 10.9. The number of halogens is 2. The van der Waals surface area contributed by atoms with E-state index in [0.717, 1.165) is 5.56 Å². The summed E-state index contributed by atoms with van der Waals surface area (Å²) in [5, 5.41) is 12.9. The first-order valence-electron chi connectivity index (χ1n) is 5.62. The Morgan fingerprint density at radius 2 is 2.17 bits per heavy atom. The highest BCUT2D eigenvalue weighted by molar-refractivity contribution is 6.44. The normalized spacial score (nSPS) is 24.3. The molecule has 1 fully saturated rings. The summed E-state index contributed by atoms with van der Waals surface area (Å²) in [6.45, 7) is 0.530. The van der Waals surface area contributed by atoms with Gasteiger partial charge in [-0.15, -0.1) is 0 Å². The van der Waals surface area contributed by atoms with Gasteiger partial charge in [-0.05, 0) is 18.1 Å². The van der Waals surface area contributed by atoms with Crippen LogP contribution >= 0.6 is 23.2 Å². The molecule has 0 saturated carbocycles. The van der Waals surface area contributed by atoms with Crippen molar-refractivity contribution in [3.8, 4) is 0 Å². The first kappa shape index (κ1) is 11.8. The van der Waals surface area contributed by atoms with E-state index in [1.165, 1.54) is 0 Å². The molecule has 2 aliphatic heterocycles. The second-order valence-corrected chi connectivity index (χ2v) is 5.24. The molecule has 2 heterocycles. The maximum Gasteiger partial charge on any atom is 0.187 e. The summed E-state index contributed by atoms with van der Waals surface area (Å²) in [7, 11) is 0. The topological polar surface area (TPSA) is 52.9 Å². The molecule has 2 aliphatic rings. The molecule has 0 aromatic heterocycles. The summed E-state index contributed by atoms with van der Waals surface area (Å²) in [4.78, 5) is 14.2. The molecule has 94 valence electrons. The number of rotatable bonds is 0. The predicted octanol–water partition coefficient (Wildman–Crippen LogP) is 2.94. The van der Waals surface area contributed by atoms with Crippen molar-refractivity contribution >= 4 is 34.8 Å². The zero-order chi connectivity index (χ0) is 12.9. The van der Waals surface area contributed by atoms with Crippen molar-refractivity contribution in [1.82, 2.24) is 4.90 Å². The van der Waals surface area contributed by atoms with Crippen molar-refractivity contribution in [2.24, 2.45) is 5.16 Å². The van der Waals surface area contributed by atoms with Gasteiger partial charge in [0, 0.05) is 18.5 Å². The van der Waals surface area contributed by atoms with E-state index in [-0.39, 0.29) is 11.8 Å². The fourth-order valence-electron chi connectivity index (χ4n) is 2.67. The molecule has 1 unspecified atom stereocenters. The van der Waals surface area contributed by atoms with E-state index in [0.29, 0.717) is 40.8 Å². The van der Waals surface area contributed by atoms with E-state index in [2.05, 4.69) is 5.16 Å². The Morgan fingerprint density at radius 3 is 2.89 bits per heavy atom. The number of benzene rings is 1. The number of Topliss-reactive ketones (excluding diaryl/α,β-unsaturated/α-hetero) is 1. The summed E-state index contributed by atoms with van der Waals surface area (Å²) in [6, 6.07) is 3.20. The van der Waals surface area contributed by atoms with Gasteiger partial charge >= 0.3 is 0 Å². The van der Waals surface area contributed by atoms with Gasteiger partial charge in [-0.1, -0.05) is 34.4 Å². The van der Waals surface area contributed by atoms with Gasteiger partial charge in [0.05, 0.1) is 16.1 Å². The summed E-state index contributed by atoms with van der Waals surface area (Å²) >= 11 is 12.1. The van der Waals surface area contributed by atoms with Gasteiger partial charge in [0.2, 0.25) is 0 Å². The molecular formula is C12H10Cl2N2O2. The smallest absolute Gasteiger partial charge is 0.187 e. The third kappa shape index (κ3) is 1.52. The van der Waals surface area contributed by atoms with Crippen LogP contribution in [-0.2, 0) is 6.54 Å². The number of nitrogens with zero attached hydrogens (tertiary/aromatic N) is 2. The lowest BCUT2D eigenvalue weighted by Gasteiger charge is -2.32. The van der Waals surface area contributed by atoms with Gasteiger partial charge in [0.1, 0.15) is 5.84 Å². The van der Waals surface area contributed by atoms with Crippen LogP contribution in [0.3, 0.4) is 0 Å². The number of amidine groups is 1. The Balaban J connectivity index is 2.13. The first-order chi connectivity index (χ1) is 8.63. The highest BCUT2D eigenvalue weighted by Gasteiger charge is 2.41. The molecular weight excluding hydrogens is 275 g/mol. The Kier molecular flexibility index (Phi) is 2.72. The monoisotopic (exact) mass is 284 g/mol. The summed E-state index contributed by atoms with van der Waals surface area (Å²) in [5.41, 5.74) is 1.35. The van der Waals surface area contributed by atoms with E-state index in [4.69, 9.17) is 28.4 Å². The van der Waals surface area contributed by atoms with Crippen molar-refractivity contribution in [3.05, 3.63) is 33.3 Å². The highest BCUT2D eigenvalue weighted by Crippen LogP contribution is 2.37. The molecule has 6 heteroatoms.